The Balaban J connectivity index is 2.32. The molecule has 254 valence electrons. The van der Waals surface area contributed by atoms with Gasteiger partial charge in [-0.25, -0.2) is 0 Å². The maximum atomic E-state index is 12.9. The van der Waals surface area contributed by atoms with E-state index in [1.165, 1.54) is 25.7 Å². The first-order chi connectivity index (χ1) is 21.6. The van der Waals surface area contributed by atoms with Gasteiger partial charge in [-0.1, -0.05) is 76.3 Å². The molecule has 5 N–H and O–H groups in total. The predicted molar refractivity (Wildman–Crippen MR) is 173 cm³/mol. The summed E-state index contributed by atoms with van der Waals surface area (Å²) in [5.41, 5.74) is 1.30. The smallest absolute Gasteiger partial charge is 0.320 e. The molecular formula is C34H55N3O8. The highest BCUT2D eigenvalue weighted by Crippen LogP contribution is 2.15. The van der Waals surface area contributed by atoms with E-state index in [1.54, 1.807) is 36.2 Å². The molecule has 1 aromatic carbocycles. The van der Waals surface area contributed by atoms with E-state index in [0.717, 1.165) is 56.9 Å². The van der Waals surface area contributed by atoms with Crippen LogP contribution in [-0.4, -0.2) is 76.1 Å². The summed E-state index contributed by atoms with van der Waals surface area (Å²) in [5.74, 6) is -2.86. The average molecular weight is 634 g/mol. The normalized spacial score (nSPS) is 11.6. The second-order valence-corrected chi connectivity index (χ2v) is 11.7. The zero-order valence-corrected chi connectivity index (χ0v) is 27.1. The number of aliphatic carboxylic acids is 3. The van der Waals surface area contributed by atoms with E-state index in [2.05, 4.69) is 10.6 Å². The maximum Gasteiger partial charge on any atom is 0.320 e. The largest absolute Gasteiger partial charge is 0.481 e. The van der Waals surface area contributed by atoms with Crippen molar-refractivity contribution in [3.63, 3.8) is 0 Å². The second kappa shape index (κ2) is 24.8. The van der Waals surface area contributed by atoms with Gasteiger partial charge in [-0.3, -0.25) is 24.0 Å². The summed E-state index contributed by atoms with van der Waals surface area (Å²) >= 11 is 0. The molecule has 0 aliphatic rings. The third-order valence-electron chi connectivity index (χ3n) is 7.92. The van der Waals surface area contributed by atoms with Gasteiger partial charge in [-0.2, -0.15) is 0 Å². The van der Waals surface area contributed by atoms with Crippen molar-refractivity contribution >= 4 is 29.7 Å². The van der Waals surface area contributed by atoms with E-state index < -0.39 is 23.9 Å². The van der Waals surface area contributed by atoms with Crippen molar-refractivity contribution in [3.8, 4) is 0 Å². The maximum absolute atomic E-state index is 12.9. The third kappa shape index (κ3) is 20.2. The van der Waals surface area contributed by atoms with E-state index >= 15 is 0 Å². The van der Waals surface area contributed by atoms with Crippen molar-refractivity contribution in [1.29, 1.82) is 0 Å². The van der Waals surface area contributed by atoms with E-state index in [9.17, 15) is 24.0 Å². The minimum atomic E-state index is -0.956. The molecule has 0 aromatic heterocycles. The molecule has 11 heteroatoms. The number of benzene rings is 1. The van der Waals surface area contributed by atoms with Gasteiger partial charge in [0, 0.05) is 38.0 Å². The summed E-state index contributed by atoms with van der Waals surface area (Å²) < 4.78 is 0. The van der Waals surface area contributed by atoms with Gasteiger partial charge in [0.15, 0.2) is 0 Å². The molecule has 0 unspecified atom stereocenters. The first-order valence-electron chi connectivity index (χ1n) is 16.6. The highest BCUT2D eigenvalue weighted by Gasteiger charge is 2.16. The lowest BCUT2D eigenvalue weighted by Gasteiger charge is -2.22. The van der Waals surface area contributed by atoms with E-state index in [-0.39, 0.29) is 37.7 Å². The van der Waals surface area contributed by atoms with Crippen LogP contribution in [0.1, 0.15) is 131 Å². The molecule has 0 fully saturated rings. The van der Waals surface area contributed by atoms with Crippen LogP contribution in [0.2, 0.25) is 0 Å². The Labute approximate surface area is 268 Å². The summed E-state index contributed by atoms with van der Waals surface area (Å²) in [6.07, 6.45) is 15.0. The Hall–Kier alpha value is -3.47. The highest BCUT2D eigenvalue weighted by molar-refractivity contribution is 5.94. The fourth-order valence-electron chi connectivity index (χ4n) is 5.15. The molecule has 0 heterocycles. The van der Waals surface area contributed by atoms with Crippen molar-refractivity contribution in [2.75, 3.05) is 20.1 Å². The number of carbonyl (C=O) groups excluding carboxylic acids is 2. The van der Waals surface area contributed by atoms with Crippen LogP contribution < -0.4 is 10.6 Å². The number of nitrogens with zero attached hydrogens (tertiary/aromatic N) is 1. The molecule has 0 spiro atoms. The summed E-state index contributed by atoms with van der Waals surface area (Å²) in [6.45, 7) is 0.850. The second-order valence-electron chi connectivity index (χ2n) is 11.7. The number of carboxylic acids is 3. The monoisotopic (exact) mass is 633 g/mol. The summed E-state index contributed by atoms with van der Waals surface area (Å²) in [7, 11) is 1.61. The standard InChI is InChI=1S/C34H55N3O8/c1-35-29(34(44)45)16-14-15-24-36-33(43)28-21-19-27(20-22-28)26-37(25-23-32(41)42)30(38)17-12-10-8-6-4-2-3-5-7-9-11-13-18-31(39)40/h19-22,29,35H,2-18,23-26H2,1H3,(H,36,43)(H,39,40)(H,41,42)(H,44,45)/t29-/m0/s1. The summed E-state index contributed by atoms with van der Waals surface area (Å²) in [4.78, 5) is 59.7. The predicted octanol–water partition coefficient (Wildman–Crippen LogP) is 5.61. The van der Waals surface area contributed by atoms with Crippen LogP contribution in [0, 0.1) is 0 Å². The fraction of sp³-hybridized carbons (Fsp3) is 0.676. The number of rotatable bonds is 28. The first-order valence-corrected chi connectivity index (χ1v) is 16.6. The minimum Gasteiger partial charge on any atom is -0.481 e. The van der Waals surface area contributed by atoms with Gasteiger partial charge >= 0.3 is 17.9 Å². The lowest BCUT2D eigenvalue weighted by Crippen LogP contribution is -2.34. The molecule has 0 saturated carbocycles. The van der Waals surface area contributed by atoms with Crippen LogP contribution >= 0.6 is 0 Å². The van der Waals surface area contributed by atoms with E-state index in [4.69, 9.17) is 15.3 Å². The Morgan fingerprint density at radius 2 is 1.18 bits per heavy atom. The van der Waals surface area contributed by atoms with Gasteiger partial charge < -0.3 is 30.9 Å². The number of carbonyl (C=O) groups is 5. The Kier molecular flexibility index (Phi) is 21.8. The van der Waals surface area contributed by atoms with Crippen molar-refractivity contribution in [3.05, 3.63) is 35.4 Å². The SMILES string of the molecule is CN[C@@H](CCCCNC(=O)c1ccc(CN(CCC(=O)O)C(=O)CCCCCCCCCCCCCCC(=O)O)cc1)C(=O)O. The number of carboxylic acid groups (broad SMARTS) is 3. The average Bonchev–Trinajstić information content (AvgIpc) is 3.00. The van der Waals surface area contributed by atoms with Gasteiger partial charge in [0.05, 0.1) is 6.42 Å². The number of hydrogen-bond acceptors (Lipinski definition) is 6. The lowest BCUT2D eigenvalue weighted by atomic mass is 10.0. The molecule has 2 amide bonds. The minimum absolute atomic E-state index is 0.0650. The molecule has 45 heavy (non-hydrogen) atoms. The number of hydrogen-bond donors (Lipinski definition) is 5. The Morgan fingerprint density at radius 1 is 0.667 bits per heavy atom. The third-order valence-corrected chi connectivity index (χ3v) is 7.92. The number of unbranched alkanes of at least 4 members (excludes halogenated alkanes) is 12. The Bertz CT molecular complexity index is 1020. The van der Waals surface area contributed by atoms with Crippen LogP contribution in [0.15, 0.2) is 24.3 Å². The van der Waals surface area contributed by atoms with Gasteiger partial charge in [-0.15, -0.1) is 0 Å². The van der Waals surface area contributed by atoms with Gasteiger partial charge in [-0.05, 0) is 56.8 Å². The Morgan fingerprint density at radius 3 is 1.67 bits per heavy atom. The van der Waals surface area contributed by atoms with Crippen LogP contribution in [0.3, 0.4) is 0 Å². The number of likely N-dealkylation sites (N-methyl/N-ethyl adjacent to an activating group) is 1. The van der Waals surface area contributed by atoms with Crippen LogP contribution in [0.4, 0.5) is 0 Å². The van der Waals surface area contributed by atoms with Crippen molar-refractivity contribution in [1.82, 2.24) is 15.5 Å². The van der Waals surface area contributed by atoms with Crippen LogP contribution in [0.25, 0.3) is 0 Å². The van der Waals surface area contributed by atoms with Gasteiger partial charge in [0.25, 0.3) is 5.91 Å². The fourth-order valence-corrected chi connectivity index (χ4v) is 5.15. The molecule has 0 aliphatic heterocycles. The van der Waals surface area contributed by atoms with E-state index in [0.29, 0.717) is 37.8 Å². The number of amides is 2. The zero-order valence-electron chi connectivity index (χ0n) is 27.1. The van der Waals surface area contributed by atoms with Gasteiger partial charge in [0.1, 0.15) is 6.04 Å². The molecular weight excluding hydrogens is 578 g/mol. The molecule has 1 rings (SSSR count). The van der Waals surface area contributed by atoms with Crippen LogP contribution in [0.5, 0.6) is 0 Å². The highest BCUT2D eigenvalue weighted by atomic mass is 16.4. The summed E-state index contributed by atoms with van der Waals surface area (Å²) in [5, 5.41) is 32.5. The summed E-state index contributed by atoms with van der Waals surface area (Å²) in [6, 6.07) is 6.34. The lowest BCUT2D eigenvalue weighted by molar-refractivity contribution is -0.140. The topological polar surface area (TPSA) is 173 Å². The number of nitrogens with one attached hydrogen (secondary N) is 2. The molecule has 0 aliphatic carbocycles. The zero-order chi connectivity index (χ0) is 33.3. The van der Waals surface area contributed by atoms with Crippen molar-refractivity contribution in [2.24, 2.45) is 0 Å². The van der Waals surface area contributed by atoms with Crippen molar-refractivity contribution in [2.45, 2.75) is 128 Å². The van der Waals surface area contributed by atoms with Crippen molar-refractivity contribution < 1.29 is 39.3 Å². The van der Waals surface area contributed by atoms with E-state index in [1.807, 2.05) is 0 Å². The first kappa shape index (κ1) is 39.6. The molecule has 0 radical (unpaired) electrons. The molecule has 11 nitrogen and oxygen atoms in total. The molecule has 1 atom stereocenters. The van der Waals surface area contributed by atoms with Gasteiger partial charge in [0.2, 0.25) is 5.91 Å². The molecule has 0 saturated heterocycles. The molecule has 0 bridgehead atoms. The molecule has 1 aromatic rings. The van der Waals surface area contributed by atoms with Crippen LogP contribution in [-0.2, 0) is 25.7 Å². The quantitative estimate of drug-likeness (QED) is 0.0735.